The van der Waals surface area contributed by atoms with Crippen LogP contribution in [0.4, 0.5) is 4.79 Å². The second kappa shape index (κ2) is 13.5. The van der Waals surface area contributed by atoms with E-state index in [1.165, 1.54) is 10.5 Å². The van der Waals surface area contributed by atoms with E-state index in [-0.39, 0.29) is 19.1 Å². The van der Waals surface area contributed by atoms with Crippen LogP contribution in [0.25, 0.3) is 0 Å². The van der Waals surface area contributed by atoms with Crippen molar-refractivity contribution >= 4 is 12.1 Å². The van der Waals surface area contributed by atoms with Crippen LogP contribution >= 0.6 is 0 Å². The number of carbonyl (C=O) groups is 2. The molecule has 0 bridgehead atoms. The largest absolute Gasteiger partial charge is 0.493 e. The minimum Gasteiger partial charge on any atom is -0.493 e. The van der Waals surface area contributed by atoms with E-state index < -0.39 is 12.1 Å². The van der Waals surface area contributed by atoms with Gasteiger partial charge in [-0.05, 0) is 62.4 Å². The molecule has 1 aromatic heterocycles. The van der Waals surface area contributed by atoms with E-state index in [9.17, 15) is 9.59 Å². The molecule has 0 radical (unpaired) electrons. The number of aryl methyl sites for hydroxylation is 4. The highest BCUT2D eigenvalue weighted by Gasteiger charge is 2.16. The van der Waals surface area contributed by atoms with Crippen LogP contribution in [0.1, 0.15) is 54.3 Å². The van der Waals surface area contributed by atoms with Crippen molar-refractivity contribution in [2.24, 2.45) is 0 Å². The molecule has 0 aliphatic carbocycles. The molecular formula is C29H36N2O6. The second-order valence-corrected chi connectivity index (χ2v) is 9.31. The van der Waals surface area contributed by atoms with Gasteiger partial charge in [-0.1, -0.05) is 36.4 Å². The summed E-state index contributed by atoms with van der Waals surface area (Å²) in [5.74, 6) is 1.29. The molecule has 37 heavy (non-hydrogen) atoms. The third kappa shape index (κ3) is 8.97. The molecule has 8 heteroatoms. The second-order valence-electron chi connectivity index (χ2n) is 9.31. The van der Waals surface area contributed by atoms with Crippen LogP contribution in [-0.4, -0.2) is 46.8 Å². The van der Waals surface area contributed by atoms with Crippen molar-refractivity contribution in [1.82, 2.24) is 9.88 Å². The normalized spacial score (nSPS) is 10.9. The quantitative estimate of drug-likeness (QED) is 0.330. The highest BCUT2D eigenvalue weighted by atomic mass is 16.6. The first-order valence-corrected chi connectivity index (χ1v) is 12.6. The fourth-order valence-corrected chi connectivity index (χ4v) is 3.92. The maximum absolute atomic E-state index is 12.3. The minimum absolute atomic E-state index is 0.00536. The van der Waals surface area contributed by atoms with Gasteiger partial charge in [-0.3, -0.25) is 4.79 Å². The van der Waals surface area contributed by atoms with Crippen LogP contribution in [0.3, 0.4) is 0 Å². The van der Waals surface area contributed by atoms with E-state index >= 15 is 0 Å². The lowest BCUT2D eigenvalue weighted by Gasteiger charge is -2.21. The molecule has 0 aliphatic heterocycles. The van der Waals surface area contributed by atoms with Gasteiger partial charge in [-0.25, -0.2) is 9.78 Å². The molecule has 1 heterocycles. The first kappa shape index (κ1) is 27.8. The van der Waals surface area contributed by atoms with Crippen LogP contribution in [0.15, 0.2) is 52.9 Å². The van der Waals surface area contributed by atoms with Gasteiger partial charge in [-0.2, -0.15) is 0 Å². The first-order valence-electron chi connectivity index (χ1n) is 12.6. The third-order valence-corrected chi connectivity index (χ3v) is 5.86. The van der Waals surface area contributed by atoms with E-state index in [0.717, 1.165) is 41.3 Å². The molecule has 3 rings (SSSR count). The zero-order valence-electron chi connectivity index (χ0n) is 22.0. The Morgan fingerprint density at radius 2 is 1.78 bits per heavy atom. The lowest BCUT2D eigenvalue weighted by atomic mass is 10.0. The Balaban J connectivity index is 1.61. The zero-order chi connectivity index (χ0) is 26.8. The molecule has 0 spiro atoms. The maximum Gasteiger partial charge on any atom is 0.410 e. The predicted molar refractivity (Wildman–Crippen MR) is 140 cm³/mol. The number of aromatic nitrogens is 1. The molecule has 198 valence electrons. The van der Waals surface area contributed by atoms with Crippen molar-refractivity contribution in [2.45, 2.75) is 65.5 Å². The zero-order valence-corrected chi connectivity index (χ0v) is 22.0. The molecule has 8 nitrogen and oxygen atoms in total. The van der Waals surface area contributed by atoms with Gasteiger partial charge in [0.15, 0.2) is 5.89 Å². The van der Waals surface area contributed by atoms with Crippen molar-refractivity contribution in [2.75, 3.05) is 13.7 Å². The van der Waals surface area contributed by atoms with Crippen LogP contribution in [0.2, 0.25) is 0 Å². The summed E-state index contributed by atoms with van der Waals surface area (Å²) in [5.41, 5.74) is 3.80. The van der Waals surface area contributed by atoms with Crippen molar-refractivity contribution < 1.29 is 28.6 Å². The number of carbonyl (C=O) groups excluding carboxylic acids is 1. The summed E-state index contributed by atoms with van der Waals surface area (Å²) in [4.78, 5) is 29.5. The Kier molecular flexibility index (Phi) is 10.1. The lowest BCUT2D eigenvalue weighted by Crippen LogP contribution is -2.29. The summed E-state index contributed by atoms with van der Waals surface area (Å²) in [6, 6.07) is 15.8. The molecule has 3 aromatic rings. The monoisotopic (exact) mass is 508 g/mol. The van der Waals surface area contributed by atoms with Crippen molar-refractivity contribution in [1.29, 1.82) is 0 Å². The summed E-state index contributed by atoms with van der Waals surface area (Å²) in [7, 11) is 1.65. The van der Waals surface area contributed by atoms with E-state index in [1.54, 1.807) is 20.9 Å². The van der Waals surface area contributed by atoms with E-state index in [0.29, 0.717) is 25.2 Å². The molecule has 2 aromatic carbocycles. The highest BCUT2D eigenvalue weighted by Crippen LogP contribution is 2.22. The minimum atomic E-state index is -0.870. The molecule has 0 aliphatic rings. The van der Waals surface area contributed by atoms with Crippen molar-refractivity contribution in [3.05, 3.63) is 82.6 Å². The third-order valence-electron chi connectivity index (χ3n) is 5.86. The maximum atomic E-state index is 12.3. The van der Waals surface area contributed by atoms with Crippen LogP contribution < -0.4 is 4.74 Å². The molecular weight excluding hydrogens is 472 g/mol. The summed E-state index contributed by atoms with van der Waals surface area (Å²) in [6.07, 6.45) is 1.90. The SMILES string of the molecule is Cc1oc(CCc2ccccc2)nc1CCOc1ccc(CCC(=O)O)c(CN(C)C(=O)OC(C)C)c1. The molecule has 1 amide bonds. The summed E-state index contributed by atoms with van der Waals surface area (Å²) in [6.45, 7) is 6.19. The Morgan fingerprint density at radius 1 is 1.03 bits per heavy atom. The number of carboxylic acid groups (broad SMARTS) is 1. The van der Waals surface area contributed by atoms with Crippen LogP contribution in [0, 0.1) is 6.92 Å². The standard InChI is InChI=1S/C29H36N2O6/c1-20(2)36-29(34)31(4)19-24-18-25(13-11-23(24)12-15-28(32)33)35-17-16-26-21(3)37-27(30-26)14-10-22-8-6-5-7-9-22/h5-9,11,13,18,20H,10,12,14-17,19H2,1-4H3,(H,32,33). The van der Waals surface area contributed by atoms with Gasteiger partial charge < -0.3 is 23.9 Å². The fraction of sp³-hybridized carbons (Fsp3) is 0.414. The predicted octanol–water partition coefficient (Wildman–Crippen LogP) is 5.38. The van der Waals surface area contributed by atoms with Crippen molar-refractivity contribution in [3.8, 4) is 5.75 Å². The van der Waals surface area contributed by atoms with Gasteiger partial charge in [0, 0.05) is 32.9 Å². The van der Waals surface area contributed by atoms with E-state index in [2.05, 4.69) is 17.1 Å². The smallest absolute Gasteiger partial charge is 0.410 e. The van der Waals surface area contributed by atoms with Gasteiger partial charge in [0.1, 0.15) is 11.5 Å². The highest BCUT2D eigenvalue weighted by molar-refractivity contribution is 5.68. The van der Waals surface area contributed by atoms with Crippen LogP contribution in [-0.2, 0) is 41.8 Å². The number of oxazole rings is 1. The number of benzene rings is 2. The summed E-state index contributed by atoms with van der Waals surface area (Å²) < 4.78 is 17.1. The number of rotatable bonds is 13. The average Bonchev–Trinajstić information content (AvgIpc) is 3.21. The number of hydrogen-bond acceptors (Lipinski definition) is 6. The molecule has 0 saturated heterocycles. The summed E-state index contributed by atoms with van der Waals surface area (Å²) in [5, 5.41) is 9.11. The number of carboxylic acids is 1. The van der Waals surface area contributed by atoms with E-state index in [1.807, 2.05) is 43.3 Å². The number of amides is 1. The molecule has 0 unspecified atom stereocenters. The fourth-order valence-electron chi connectivity index (χ4n) is 3.92. The van der Waals surface area contributed by atoms with Gasteiger partial charge in [-0.15, -0.1) is 0 Å². The number of nitrogens with zero attached hydrogens (tertiary/aromatic N) is 2. The Hall–Kier alpha value is -3.81. The van der Waals surface area contributed by atoms with Crippen LogP contribution in [0.5, 0.6) is 5.75 Å². The van der Waals surface area contributed by atoms with Crippen molar-refractivity contribution in [3.63, 3.8) is 0 Å². The van der Waals surface area contributed by atoms with Gasteiger partial charge in [0.25, 0.3) is 0 Å². The Labute approximate surface area is 218 Å². The van der Waals surface area contributed by atoms with Gasteiger partial charge in [0.2, 0.25) is 0 Å². The molecule has 0 atom stereocenters. The Morgan fingerprint density at radius 3 is 2.49 bits per heavy atom. The lowest BCUT2D eigenvalue weighted by molar-refractivity contribution is -0.136. The number of ether oxygens (including phenoxy) is 2. The van der Waals surface area contributed by atoms with E-state index in [4.69, 9.17) is 19.0 Å². The van der Waals surface area contributed by atoms with Gasteiger partial charge >= 0.3 is 12.1 Å². The molecule has 0 saturated carbocycles. The number of hydrogen-bond donors (Lipinski definition) is 1. The molecule has 1 N–H and O–H groups in total. The summed E-state index contributed by atoms with van der Waals surface area (Å²) >= 11 is 0. The first-order chi connectivity index (χ1) is 17.7. The van der Waals surface area contributed by atoms with Gasteiger partial charge in [0.05, 0.1) is 18.4 Å². The topological polar surface area (TPSA) is 102 Å². The average molecular weight is 509 g/mol. The molecule has 0 fully saturated rings. The number of aliphatic carboxylic acids is 1. The Bertz CT molecular complexity index is 1170.